The van der Waals surface area contributed by atoms with Crippen LogP contribution in [0.2, 0.25) is 0 Å². The van der Waals surface area contributed by atoms with Gasteiger partial charge < -0.3 is 25.1 Å². The summed E-state index contributed by atoms with van der Waals surface area (Å²) in [4.78, 5) is 20.5. The number of nitrogens with zero attached hydrogens (tertiary/aromatic N) is 3. The van der Waals surface area contributed by atoms with Gasteiger partial charge in [0.1, 0.15) is 23.5 Å². The molecule has 0 aliphatic carbocycles. The summed E-state index contributed by atoms with van der Waals surface area (Å²) >= 11 is 5.15. The van der Waals surface area contributed by atoms with Crippen molar-refractivity contribution in [3.63, 3.8) is 0 Å². The summed E-state index contributed by atoms with van der Waals surface area (Å²) in [6.45, 7) is 7.84. The molecule has 0 spiro atoms. The third-order valence-electron chi connectivity index (χ3n) is 3.89. The van der Waals surface area contributed by atoms with Crippen molar-refractivity contribution in [1.29, 1.82) is 0 Å². The Morgan fingerprint density at radius 1 is 1.41 bits per heavy atom. The van der Waals surface area contributed by atoms with E-state index >= 15 is 0 Å². The Bertz CT molecular complexity index is 875. The number of aromatic amines is 1. The number of aromatic nitrogens is 4. The van der Waals surface area contributed by atoms with Crippen molar-refractivity contribution in [3.05, 3.63) is 11.0 Å². The Morgan fingerprint density at radius 3 is 2.66 bits per heavy atom. The molecule has 0 radical (unpaired) electrons. The van der Waals surface area contributed by atoms with Gasteiger partial charge in [-0.25, -0.2) is 14.5 Å². The summed E-state index contributed by atoms with van der Waals surface area (Å²) in [6.07, 6.45) is 0.676. The predicted molar refractivity (Wildman–Crippen MR) is 112 cm³/mol. The maximum Gasteiger partial charge on any atom is 0.472 e. The highest BCUT2D eigenvalue weighted by atomic mass is 32.1. The molecule has 29 heavy (non-hydrogen) atoms. The number of nitrogens with one attached hydrogen (secondary N) is 1. The summed E-state index contributed by atoms with van der Waals surface area (Å²) in [7, 11) is -1.48. The molecule has 2 aromatic rings. The van der Waals surface area contributed by atoms with Gasteiger partial charge in [-0.3, -0.25) is 13.6 Å². The number of phosphoric acid groups is 1. The smallest absolute Gasteiger partial charge is 0.378 e. The van der Waals surface area contributed by atoms with Gasteiger partial charge in [0.05, 0.1) is 19.0 Å². The van der Waals surface area contributed by atoms with Gasteiger partial charge in [-0.1, -0.05) is 39.9 Å². The molecule has 1 fully saturated rings. The third kappa shape index (κ3) is 6.29. The van der Waals surface area contributed by atoms with Gasteiger partial charge >= 0.3 is 7.82 Å². The minimum Gasteiger partial charge on any atom is -0.378 e. The normalized spacial score (nSPS) is 22.9. The molecule has 1 unspecified atom stereocenters. The molecule has 3 rings (SSSR count). The summed E-state index contributed by atoms with van der Waals surface area (Å²) < 4.78 is 34.0. The Kier molecular flexibility index (Phi) is 10.3. The number of nitrogens with two attached hydrogens (primary N) is 1. The predicted octanol–water partition coefficient (Wildman–Crippen LogP) is 3.19. The SMILES string of the molecule is CC.CC.CO[C@H]1C[C@H](n2cnc3c(=S)nc(N)[nH]c32)O[C@@H]1COP(=O)(O)OC. The minimum absolute atomic E-state index is 0.164. The van der Waals surface area contributed by atoms with Gasteiger partial charge in [0, 0.05) is 20.6 Å². The summed E-state index contributed by atoms with van der Waals surface area (Å²) in [5, 5.41) is 0. The second-order valence-electron chi connectivity index (χ2n) is 5.36. The van der Waals surface area contributed by atoms with Crippen LogP contribution < -0.4 is 5.73 Å². The second kappa shape index (κ2) is 11.7. The largest absolute Gasteiger partial charge is 0.472 e. The first-order valence-electron chi connectivity index (χ1n) is 9.28. The number of hydrogen-bond donors (Lipinski definition) is 3. The molecule has 0 saturated carbocycles. The van der Waals surface area contributed by atoms with E-state index in [1.807, 2.05) is 27.7 Å². The van der Waals surface area contributed by atoms with Crippen molar-refractivity contribution < 1.29 is 28.0 Å². The maximum absolute atomic E-state index is 11.5. The summed E-state index contributed by atoms with van der Waals surface area (Å²) in [5.74, 6) is 0.168. The van der Waals surface area contributed by atoms with Crippen LogP contribution in [0.1, 0.15) is 40.3 Å². The van der Waals surface area contributed by atoms with Gasteiger partial charge in [0.15, 0.2) is 10.6 Å². The highest BCUT2D eigenvalue weighted by Gasteiger charge is 2.38. The number of hydrogen-bond acceptors (Lipinski definition) is 9. The van der Waals surface area contributed by atoms with Crippen LogP contribution in [0.4, 0.5) is 5.95 Å². The molecule has 1 aliphatic rings. The molecule has 2 aromatic heterocycles. The van der Waals surface area contributed by atoms with E-state index < -0.39 is 20.2 Å². The van der Waals surface area contributed by atoms with E-state index in [-0.39, 0.29) is 23.3 Å². The fourth-order valence-electron chi connectivity index (χ4n) is 2.66. The van der Waals surface area contributed by atoms with Crippen LogP contribution in [0.15, 0.2) is 6.33 Å². The van der Waals surface area contributed by atoms with E-state index in [1.54, 1.807) is 10.9 Å². The van der Waals surface area contributed by atoms with Crippen molar-refractivity contribution in [2.45, 2.75) is 52.6 Å². The zero-order chi connectivity index (χ0) is 22.2. The Labute approximate surface area is 175 Å². The van der Waals surface area contributed by atoms with Crippen molar-refractivity contribution in [2.75, 3.05) is 26.6 Å². The number of H-pyrrole nitrogens is 1. The van der Waals surface area contributed by atoms with E-state index in [1.165, 1.54) is 7.11 Å². The molecule has 1 saturated heterocycles. The van der Waals surface area contributed by atoms with Gasteiger partial charge in [-0.05, 0) is 0 Å². The van der Waals surface area contributed by atoms with Crippen molar-refractivity contribution in [3.8, 4) is 0 Å². The Hall–Kier alpha value is -1.40. The number of phosphoric ester groups is 1. The second-order valence-corrected chi connectivity index (χ2v) is 7.31. The van der Waals surface area contributed by atoms with Crippen LogP contribution >= 0.6 is 20.0 Å². The van der Waals surface area contributed by atoms with E-state index in [2.05, 4.69) is 19.5 Å². The van der Waals surface area contributed by atoms with Crippen LogP contribution in [-0.4, -0.2) is 57.4 Å². The summed E-state index contributed by atoms with van der Waals surface area (Å²) in [6, 6.07) is 0. The lowest BCUT2D eigenvalue weighted by atomic mass is 10.2. The van der Waals surface area contributed by atoms with E-state index in [9.17, 15) is 9.46 Å². The number of rotatable bonds is 6. The van der Waals surface area contributed by atoms with Crippen molar-refractivity contribution in [1.82, 2.24) is 19.5 Å². The first kappa shape index (κ1) is 25.6. The topological polar surface area (TPSA) is 147 Å². The average molecular weight is 451 g/mol. The van der Waals surface area contributed by atoms with Crippen molar-refractivity contribution >= 4 is 37.2 Å². The van der Waals surface area contributed by atoms with E-state index in [4.69, 9.17) is 31.9 Å². The fraction of sp³-hybridized carbons (Fsp3) is 0.688. The van der Waals surface area contributed by atoms with Gasteiger partial charge in [0.2, 0.25) is 0 Å². The number of imidazole rings is 1. The van der Waals surface area contributed by atoms with E-state index in [0.29, 0.717) is 17.6 Å². The van der Waals surface area contributed by atoms with Crippen LogP contribution in [-0.2, 0) is 23.1 Å². The molecule has 11 nitrogen and oxygen atoms in total. The molecule has 4 N–H and O–H groups in total. The highest BCUT2D eigenvalue weighted by molar-refractivity contribution is 7.71. The Balaban J connectivity index is 0.000000989. The minimum atomic E-state index is -4.09. The first-order chi connectivity index (χ1) is 13.8. The van der Waals surface area contributed by atoms with Gasteiger partial charge in [0.25, 0.3) is 0 Å². The lowest BCUT2D eigenvalue weighted by Gasteiger charge is -2.18. The number of methoxy groups -OCH3 is 1. The highest BCUT2D eigenvalue weighted by Crippen LogP contribution is 2.43. The van der Waals surface area contributed by atoms with Crippen LogP contribution in [0.3, 0.4) is 0 Å². The molecule has 3 heterocycles. The molecular formula is C16H30N5O6PS. The number of ether oxygens (including phenoxy) is 2. The molecule has 0 amide bonds. The third-order valence-corrected chi connectivity index (χ3v) is 5.11. The quantitative estimate of drug-likeness (QED) is 0.442. The zero-order valence-electron chi connectivity index (χ0n) is 17.5. The monoisotopic (exact) mass is 451 g/mol. The molecule has 166 valence electrons. The Morgan fingerprint density at radius 2 is 2.07 bits per heavy atom. The first-order valence-corrected chi connectivity index (χ1v) is 11.2. The number of anilines is 1. The molecule has 0 bridgehead atoms. The fourth-order valence-corrected chi connectivity index (χ4v) is 3.35. The molecular weight excluding hydrogens is 421 g/mol. The van der Waals surface area contributed by atoms with Crippen LogP contribution in [0.25, 0.3) is 11.2 Å². The molecule has 1 aliphatic heterocycles. The standard InChI is InChI=1S/C12H18N5O6PS.2C2H6/c1-20-6-3-8(23-7(6)4-22-24(18,19)21-2)17-5-14-9-10(17)15-12(13)16-11(9)25;2*1-2/h5-8H,3-4H2,1-2H3,(H,18,19)(H3,13,15,16,25);2*1-2H3/t6-,7+,8+;;/m0../s1. The summed E-state index contributed by atoms with van der Waals surface area (Å²) in [5.41, 5.74) is 6.78. The lowest BCUT2D eigenvalue weighted by Crippen LogP contribution is -2.27. The zero-order valence-corrected chi connectivity index (χ0v) is 19.2. The van der Waals surface area contributed by atoms with Gasteiger partial charge in [-0.15, -0.1) is 0 Å². The molecule has 4 atom stereocenters. The molecule has 0 aromatic carbocycles. The lowest BCUT2D eigenvalue weighted by molar-refractivity contribution is -0.0510. The maximum atomic E-state index is 11.5. The van der Waals surface area contributed by atoms with Crippen molar-refractivity contribution in [2.24, 2.45) is 0 Å². The van der Waals surface area contributed by atoms with Gasteiger partial charge in [-0.2, -0.15) is 0 Å². The van der Waals surface area contributed by atoms with E-state index in [0.717, 1.165) is 7.11 Å². The van der Waals surface area contributed by atoms with Crippen LogP contribution in [0.5, 0.6) is 0 Å². The number of nitrogen functional groups attached to an aromatic ring is 1. The number of fused-ring (bicyclic) bond motifs is 1. The average Bonchev–Trinajstić information content (AvgIpc) is 3.33. The van der Waals surface area contributed by atoms with Crippen LogP contribution in [0, 0.1) is 4.64 Å². The molecule has 13 heteroatoms.